The normalized spacial score (nSPS) is 22.5. The van der Waals surface area contributed by atoms with Crippen LogP contribution in [-0.2, 0) is 4.74 Å². The standard InChI is InChI=1S/C17H25NO3/c1-12(2)16-10-7-14(18(16)3)11-21-15-8-5-13(6-9-15)17(19)20-4/h5-6,8-9,12,14,16H,7,10-11H2,1-4H3/t14-,16+/m0/s1. The Hall–Kier alpha value is -1.55. The highest BCUT2D eigenvalue weighted by atomic mass is 16.5. The average Bonchev–Trinajstić information content (AvgIpc) is 2.86. The van der Waals surface area contributed by atoms with Crippen LogP contribution in [0.25, 0.3) is 0 Å². The van der Waals surface area contributed by atoms with Crippen molar-refractivity contribution in [3.63, 3.8) is 0 Å². The van der Waals surface area contributed by atoms with Crippen LogP contribution < -0.4 is 4.74 Å². The molecular weight excluding hydrogens is 266 g/mol. The highest BCUT2D eigenvalue weighted by Gasteiger charge is 2.32. The molecule has 0 aliphatic carbocycles. The van der Waals surface area contributed by atoms with Crippen LogP contribution in [0.2, 0.25) is 0 Å². The van der Waals surface area contributed by atoms with Crippen LogP contribution in [0.4, 0.5) is 0 Å². The van der Waals surface area contributed by atoms with Crippen molar-refractivity contribution in [3.05, 3.63) is 29.8 Å². The van der Waals surface area contributed by atoms with Gasteiger partial charge in [0.05, 0.1) is 12.7 Å². The molecule has 1 aliphatic rings. The minimum Gasteiger partial charge on any atom is -0.492 e. The number of carbonyl (C=O) groups is 1. The summed E-state index contributed by atoms with van der Waals surface area (Å²) in [6.07, 6.45) is 2.42. The summed E-state index contributed by atoms with van der Waals surface area (Å²) in [7, 11) is 3.57. The second-order valence-electron chi connectivity index (χ2n) is 6.03. The lowest BCUT2D eigenvalue weighted by Gasteiger charge is -2.28. The molecule has 0 aromatic heterocycles. The molecule has 0 saturated carbocycles. The zero-order valence-electron chi connectivity index (χ0n) is 13.3. The number of likely N-dealkylation sites (tertiary alicyclic amines) is 1. The maximum Gasteiger partial charge on any atom is 0.337 e. The van der Waals surface area contributed by atoms with E-state index in [0.29, 0.717) is 30.2 Å². The zero-order valence-corrected chi connectivity index (χ0v) is 13.3. The third kappa shape index (κ3) is 3.76. The van der Waals surface area contributed by atoms with Gasteiger partial charge in [0.2, 0.25) is 0 Å². The van der Waals surface area contributed by atoms with Crippen LogP contribution in [0.15, 0.2) is 24.3 Å². The van der Waals surface area contributed by atoms with Gasteiger partial charge in [-0.2, -0.15) is 0 Å². The summed E-state index contributed by atoms with van der Waals surface area (Å²) in [5.74, 6) is 1.15. The molecule has 2 rings (SSSR count). The molecule has 0 amide bonds. The molecule has 0 bridgehead atoms. The number of likely N-dealkylation sites (N-methyl/N-ethyl adjacent to an activating group) is 1. The molecule has 1 aliphatic heterocycles. The van der Waals surface area contributed by atoms with Gasteiger partial charge in [0, 0.05) is 12.1 Å². The lowest BCUT2D eigenvalue weighted by atomic mass is 10.0. The largest absolute Gasteiger partial charge is 0.492 e. The molecule has 4 nitrogen and oxygen atoms in total. The first kappa shape index (κ1) is 15.8. The van der Waals surface area contributed by atoms with Crippen LogP contribution in [0.1, 0.15) is 37.0 Å². The quantitative estimate of drug-likeness (QED) is 0.782. The van der Waals surface area contributed by atoms with Crippen molar-refractivity contribution in [3.8, 4) is 5.75 Å². The van der Waals surface area contributed by atoms with E-state index >= 15 is 0 Å². The summed E-state index contributed by atoms with van der Waals surface area (Å²) in [5.41, 5.74) is 0.544. The Morgan fingerprint density at radius 2 is 1.95 bits per heavy atom. The van der Waals surface area contributed by atoms with Gasteiger partial charge in [0.15, 0.2) is 0 Å². The van der Waals surface area contributed by atoms with E-state index in [4.69, 9.17) is 4.74 Å². The van der Waals surface area contributed by atoms with Crippen LogP contribution in [0, 0.1) is 5.92 Å². The Morgan fingerprint density at radius 1 is 1.29 bits per heavy atom. The van der Waals surface area contributed by atoms with E-state index in [1.165, 1.54) is 20.0 Å². The number of hydrogen-bond acceptors (Lipinski definition) is 4. The van der Waals surface area contributed by atoms with Crippen LogP contribution in [-0.4, -0.2) is 43.7 Å². The van der Waals surface area contributed by atoms with E-state index in [1.807, 2.05) is 12.1 Å². The molecule has 1 aromatic carbocycles. The SMILES string of the molecule is COC(=O)c1ccc(OC[C@@H]2CC[C@H](C(C)C)N2C)cc1. The summed E-state index contributed by atoms with van der Waals surface area (Å²) in [5, 5.41) is 0. The van der Waals surface area contributed by atoms with Gasteiger partial charge in [-0.05, 0) is 50.1 Å². The number of methoxy groups -OCH3 is 1. The first-order chi connectivity index (χ1) is 10.0. The molecule has 2 atom stereocenters. The lowest BCUT2D eigenvalue weighted by Crippen LogP contribution is -2.38. The van der Waals surface area contributed by atoms with Crippen molar-refractivity contribution < 1.29 is 14.3 Å². The van der Waals surface area contributed by atoms with Gasteiger partial charge < -0.3 is 9.47 Å². The first-order valence-corrected chi connectivity index (χ1v) is 7.56. The third-order valence-electron chi connectivity index (χ3n) is 4.38. The van der Waals surface area contributed by atoms with Crippen LogP contribution >= 0.6 is 0 Å². The minimum atomic E-state index is -0.322. The van der Waals surface area contributed by atoms with Crippen LogP contribution in [0.5, 0.6) is 5.75 Å². The number of esters is 1. The predicted octanol–water partition coefficient (Wildman–Crippen LogP) is 2.97. The van der Waals surface area contributed by atoms with Crippen molar-refractivity contribution >= 4 is 5.97 Å². The number of nitrogens with zero attached hydrogens (tertiary/aromatic N) is 1. The van der Waals surface area contributed by atoms with Crippen molar-refractivity contribution in [2.45, 2.75) is 38.8 Å². The number of rotatable bonds is 5. The van der Waals surface area contributed by atoms with Gasteiger partial charge in [0.25, 0.3) is 0 Å². The number of hydrogen-bond donors (Lipinski definition) is 0. The molecule has 0 unspecified atom stereocenters. The Kier molecular flexibility index (Phi) is 5.23. The van der Waals surface area contributed by atoms with Gasteiger partial charge in [-0.3, -0.25) is 4.90 Å². The fourth-order valence-electron chi connectivity index (χ4n) is 3.04. The second-order valence-corrected chi connectivity index (χ2v) is 6.03. The molecule has 116 valence electrons. The molecule has 1 fully saturated rings. The molecule has 1 aromatic rings. The van der Waals surface area contributed by atoms with Crippen molar-refractivity contribution in [1.29, 1.82) is 0 Å². The molecular formula is C17H25NO3. The maximum atomic E-state index is 11.4. The molecule has 1 saturated heterocycles. The maximum absolute atomic E-state index is 11.4. The van der Waals surface area contributed by atoms with Gasteiger partial charge in [-0.25, -0.2) is 4.79 Å². The van der Waals surface area contributed by atoms with E-state index in [2.05, 4.69) is 30.5 Å². The van der Waals surface area contributed by atoms with Gasteiger partial charge >= 0.3 is 5.97 Å². The molecule has 0 spiro atoms. The zero-order chi connectivity index (χ0) is 15.4. The highest BCUT2D eigenvalue weighted by Crippen LogP contribution is 2.27. The number of benzene rings is 1. The van der Waals surface area contributed by atoms with Crippen LogP contribution in [0.3, 0.4) is 0 Å². The van der Waals surface area contributed by atoms with E-state index in [9.17, 15) is 4.79 Å². The smallest absolute Gasteiger partial charge is 0.337 e. The number of ether oxygens (including phenoxy) is 2. The second kappa shape index (κ2) is 6.94. The first-order valence-electron chi connectivity index (χ1n) is 7.56. The fourth-order valence-corrected chi connectivity index (χ4v) is 3.04. The Labute approximate surface area is 127 Å². The van der Waals surface area contributed by atoms with Gasteiger partial charge in [-0.15, -0.1) is 0 Å². The van der Waals surface area contributed by atoms with E-state index < -0.39 is 0 Å². The summed E-state index contributed by atoms with van der Waals surface area (Å²) >= 11 is 0. The van der Waals surface area contributed by atoms with E-state index in [-0.39, 0.29) is 5.97 Å². The topological polar surface area (TPSA) is 38.8 Å². The lowest BCUT2D eigenvalue weighted by molar-refractivity contribution is 0.0600. The highest BCUT2D eigenvalue weighted by molar-refractivity contribution is 5.89. The molecule has 21 heavy (non-hydrogen) atoms. The van der Waals surface area contributed by atoms with Crippen molar-refractivity contribution in [2.24, 2.45) is 5.92 Å². The summed E-state index contributed by atoms with van der Waals surface area (Å²) in [4.78, 5) is 13.8. The Morgan fingerprint density at radius 3 is 2.48 bits per heavy atom. The molecule has 1 heterocycles. The average molecular weight is 291 g/mol. The third-order valence-corrected chi connectivity index (χ3v) is 4.38. The molecule has 4 heteroatoms. The number of carbonyl (C=O) groups excluding carboxylic acids is 1. The van der Waals surface area contributed by atoms with Crippen molar-refractivity contribution in [2.75, 3.05) is 20.8 Å². The van der Waals surface area contributed by atoms with Crippen molar-refractivity contribution in [1.82, 2.24) is 4.90 Å². The summed E-state index contributed by atoms with van der Waals surface area (Å²) < 4.78 is 10.5. The summed E-state index contributed by atoms with van der Waals surface area (Å²) in [6, 6.07) is 8.23. The predicted molar refractivity (Wildman–Crippen MR) is 82.7 cm³/mol. The van der Waals surface area contributed by atoms with E-state index in [0.717, 1.165) is 5.75 Å². The molecule has 0 radical (unpaired) electrons. The van der Waals surface area contributed by atoms with Gasteiger partial charge in [-0.1, -0.05) is 13.8 Å². The minimum absolute atomic E-state index is 0.322. The van der Waals surface area contributed by atoms with Gasteiger partial charge in [0.1, 0.15) is 12.4 Å². The Balaban J connectivity index is 1.88. The molecule has 0 N–H and O–H groups in total. The van der Waals surface area contributed by atoms with E-state index in [1.54, 1.807) is 12.1 Å². The fraction of sp³-hybridized carbons (Fsp3) is 0.588. The Bertz CT molecular complexity index is 469. The summed E-state index contributed by atoms with van der Waals surface area (Å²) in [6.45, 7) is 5.24. The monoisotopic (exact) mass is 291 g/mol.